The van der Waals surface area contributed by atoms with Crippen LogP contribution in [0.4, 0.5) is 0 Å². The number of nitrogens with two attached hydrogens (primary N) is 1. The largest absolute Gasteiger partial charge is 0.352 e. The molecule has 0 fully saturated rings. The van der Waals surface area contributed by atoms with Crippen LogP contribution in [-0.4, -0.2) is 36.3 Å². The maximum atomic E-state index is 13.0. The van der Waals surface area contributed by atoms with Crippen LogP contribution in [0.15, 0.2) is 54.6 Å². The van der Waals surface area contributed by atoms with Crippen LogP contribution in [0.25, 0.3) is 0 Å². The SMILES string of the molecule is CCCNC(=O)c1cccc(C(=O)N(CCCN)Cc2ccccc2)c1.Cl. The van der Waals surface area contributed by atoms with Gasteiger partial charge in [-0.05, 0) is 43.1 Å². The first-order valence-corrected chi connectivity index (χ1v) is 9.07. The molecule has 146 valence electrons. The molecule has 0 aliphatic heterocycles. The van der Waals surface area contributed by atoms with Crippen molar-refractivity contribution in [2.75, 3.05) is 19.6 Å². The van der Waals surface area contributed by atoms with Crippen molar-refractivity contribution in [3.63, 3.8) is 0 Å². The Morgan fingerprint density at radius 2 is 1.74 bits per heavy atom. The molecule has 2 aromatic carbocycles. The van der Waals surface area contributed by atoms with Gasteiger partial charge in [0.2, 0.25) is 0 Å². The molecular weight excluding hydrogens is 362 g/mol. The molecule has 2 aromatic rings. The van der Waals surface area contributed by atoms with Gasteiger partial charge in [0, 0.05) is 30.8 Å². The Hall–Kier alpha value is -2.37. The lowest BCUT2D eigenvalue weighted by Gasteiger charge is -2.23. The molecule has 3 N–H and O–H groups in total. The summed E-state index contributed by atoms with van der Waals surface area (Å²) in [6, 6.07) is 16.7. The number of halogens is 1. The summed E-state index contributed by atoms with van der Waals surface area (Å²) in [6.45, 7) is 4.24. The standard InChI is InChI=1S/C21H27N3O2.ClH/c1-2-13-23-20(25)18-10-6-11-19(15-18)21(26)24(14-7-12-22)16-17-8-4-3-5-9-17;/h3-6,8-11,15H,2,7,12-14,16,22H2,1H3,(H,23,25);1H. The van der Waals surface area contributed by atoms with E-state index in [-0.39, 0.29) is 24.2 Å². The normalized spacial score (nSPS) is 10.0. The predicted molar refractivity (Wildman–Crippen MR) is 111 cm³/mol. The van der Waals surface area contributed by atoms with E-state index in [4.69, 9.17) is 5.73 Å². The molecule has 5 nitrogen and oxygen atoms in total. The highest BCUT2D eigenvalue weighted by Gasteiger charge is 2.17. The van der Waals surface area contributed by atoms with Crippen molar-refractivity contribution in [1.82, 2.24) is 10.2 Å². The van der Waals surface area contributed by atoms with Crippen molar-refractivity contribution in [2.45, 2.75) is 26.3 Å². The van der Waals surface area contributed by atoms with Gasteiger partial charge in [0.05, 0.1) is 0 Å². The molecule has 0 unspecified atom stereocenters. The highest BCUT2D eigenvalue weighted by atomic mass is 35.5. The van der Waals surface area contributed by atoms with E-state index in [1.165, 1.54) is 0 Å². The number of benzene rings is 2. The van der Waals surface area contributed by atoms with Crippen molar-refractivity contribution in [3.8, 4) is 0 Å². The molecule has 0 heterocycles. The van der Waals surface area contributed by atoms with Gasteiger partial charge in [-0.15, -0.1) is 12.4 Å². The zero-order valence-electron chi connectivity index (χ0n) is 15.7. The minimum Gasteiger partial charge on any atom is -0.352 e. The quantitative estimate of drug-likeness (QED) is 0.691. The monoisotopic (exact) mass is 389 g/mol. The molecular formula is C21H28ClN3O2. The van der Waals surface area contributed by atoms with E-state index in [2.05, 4.69) is 5.32 Å². The van der Waals surface area contributed by atoms with E-state index >= 15 is 0 Å². The average Bonchev–Trinajstić information content (AvgIpc) is 2.69. The number of hydrogen-bond acceptors (Lipinski definition) is 3. The number of nitrogens with one attached hydrogen (secondary N) is 1. The van der Waals surface area contributed by atoms with Gasteiger partial charge >= 0.3 is 0 Å². The summed E-state index contributed by atoms with van der Waals surface area (Å²) < 4.78 is 0. The van der Waals surface area contributed by atoms with E-state index in [1.54, 1.807) is 29.2 Å². The van der Waals surface area contributed by atoms with E-state index in [0.29, 0.717) is 37.3 Å². The van der Waals surface area contributed by atoms with Crippen LogP contribution in [0.5, 0.6) is 0 Å². The molecule has 0 saturated heterocycles. The average molecular weight is 390 g/mol. The topological polar surface area (TPSA) is 75.4 Å². The Labute approximate surface area is 167 Å². The van der Waals surface area contributed by atoms with E-state index in [9.17, 15) is 9.59 Å². The maximum Gasteiger partial charge on any atom is 0.254 e. The van der Waals surface area contributed by atoms with Crippen LogP contribution >= 0.6 is 12.4 Å². The van der Waals surface area contributed by atoms with Gasteiger partial charge < -0.3 is 16.0 Å². The molecule has 2 amide bonds. The minimum atomic E-state index is -0.155. The van der Waals surface area contributed by atoms with Gasteiger partial charge in [-0.3, -0.25) is 9.59 Å². The van der Waals surface area contributed by atoms with Gasteiger partial charge in [-0.25, -0.2) is 0 Å². The van der Waals surface area contributed by atoms with Crippen molar-refractivity contribution >= 4 is 24.2 Å². The second kappa shape index (κ2) is 12.1. The van der Waals surface area contributed by atoms with Crippen LogP contribution in [-0.2, 0) is 6.54 Å². The Balaban J connectivity index is 0.00000364. The maximum absolute atomic E-state index is 13.0. The van der Waals surface area contributed by atoms with Gasteiger partial charge in [-0.1, -0.05) is 43.3 Å². The van der Waals surface area contributed by atoms with Gasteiger partial charge in [-0.2, -0.15) is 0 Å². The molecule has 0 spiro atoms. The third-order valence-electron chi connectivity index (χ3n) is 4.04. The summed E-state index contributed by atoms with van der Waals surface area (Å²) in [5, 5.41) is 2.84. The molecule has 27 heavy (non-hydrogen) atoms. The molecule has 0 bridgehead atoms. The lowest BCUT2D eigenvalue weighted by molar-refractivity contribution is 0.0742. The summed E-state index contributed by atoms with van der Waals surface area (Å²) in [4.78, 5) is 26.9. The second-order valence-electron chi connectivity index (χ2n) is 6.19. The van der Waals surface area contributed by atoms with Crippen molar-refractivity contribution in [1.29, 1.82) is 0 Å². The van der Waals surface area contributed by atoms with Gasteiger partial charge in [0.15, 0.2) is 0 Å². The zero-order valence-corrected chi connectivity index (χ0v) is 16.5. The molecule has 0 aromatic heterocycles. The Morgan fingerprint density at radius 3 is 2.41 bits per heavy atom. The lowest BCUT2D eigenvalue weighted by Crippen LogP contribution is -2.33. The number of carbonyl (C=O) groups excluding carboxylic acids is 2. The lowest BCUT2D eigenvalue weighted by atomic mass is 10.1. The molecule has 0 saturated carbocycles. The van der Waals surface area contributed by atoms with Crippen LogP contribution in [0.2, 0.25) is 0 Å². The van der Waals surface area contributed by atoms with Crippen LogP contribution in [0.1, 0.15) is 46.0 Å². The fraction of sp³-hybridized carbons (Fsp3) is 0.333. The number of rotatable bonds is 9. The molecule has 0 radical (unpaired) electrons. The molecule has 6 heteroatoms. The number of hydrogen-bond donors (Lipinski definition) is 2. The summed E-state index contributed by atoms with van der Waals surface area (Å²) in [5.74, 6) is -0.245. The first-order chi connectivity index (χ1) is 12.7. The van der Waals surface area contributed by atoms with Crippen molar-refractivity contribution in [2.24, 2.45) is 5.73 Å². The highest BCUT2D eigenvalue weighted by Crippen LogP contribution is 2.13. The fourth-order valence-electron chi connectivity index (χ4n) is 2.65. The van der Waals surface area contributed by atoms with Crippen molar-refractivity contribution < 1.29 is 9.59 Å². The van der Waals surface area contributed by atoms with E-state index < -0.39 is 0 Å². The summed E-state index contributed by atoms with van der Waals surface area (Å²) in [7, 11) is 0. The molecule has 0 aliphatic carbocycles. The first-order valence-electron chi connectivity index (χ1n) is 9.07. The minimum absolute atomic E-state index is 0. The summed E-state index contributed by atoms with van der Waals surface area (Å²) in [5.41, 5.74) is 7.71. The van der Waals surface area contributed by atoms with Crippen LogP contribution < -0.4 is 11.1 Å². The molecule has 2 rings (SSSR count). The van der Waals surface area contributed by atoms with E-state index in [1.807, 2.05) is 37.3 Å². The zero-order chi connectivity index (χ0) is 18.8. The summed E-state index contributed by atoms with van der Waals surface area (Å²) >= 11 is 0. The van der Waals surface area contributed by atoms with Crippen LogP contribution in [0, 0.1) is 0 Å². The molecule has 0 aliphatic rings. The second-order valence-corrected chi connectivity index (χ2v) is 6.19. The Bertz CT molecular complexity index is 722. The smallest absolute Gasteiger partial charge is 0.254 e. The van der Waals surface area contributed by atoms with E-state index in [0.717, 1.165) is 18.4 Å². The number of carbonyl (C=O) groups is 2. The highest BCUT2D eigenvalue weighted by molar-refractivity contribution is 5.99. The summed E-state index contributed by atoms with van der Waals surface area (Å²) in [6.07, 6.45) is 1.60. The third kappa shape index (κ3) is 7.04. The third-order valence-corrected chi connectivity index (χ3v) is 4.04. The van der Waals surface area contributed by atoms with Gasteiger partial charge in [0.25, 0.3) is 11.8 Å². The van der Waals surface area contributed by atoms with Crippen molar-refractivity contribution in [3.05, 3.63) is 71.3 Å². The predicted octanol–water partition coefficient (Wildman–Crippen LogP) is 3.24. The van der Waals surface area contributed by atoms with Gasteiger partial charge in [0.1, 0.15) is 0 Å². The molecule has 0 atom stereocenters. The fourth-order valence-corrected chi connectivity index (χ4v) is 2.65. The Kier molecular flexibility index (Phi) is 10.2. The Morgan fingerprint density at radius 1 is 1.04 bits per heavy atom. The van der Waals surface area contributed by atoms with Crippen LogP contribution in [0.3, 0.4) is 0 Å². The number of amides is 2. The number of nitrogens with zero attached hydrogens (tertiary/aromatic N) is 1. The first kappa shape index (κ1) is 22.7.